The average molecular weight is 254 g/mol. The normalized spacial score (nSPS) is 10.7. The third kappa shape index (κ3) is 3.39. The van der Waals surface area contributed by atoms with Crippen LogP contribution in [0.5, 0.6) is 0 Å². The highest BCUT2D eigenvalue weighted by Gasteiger charge is 2.04. The van der Waals surface area contributed by atoms with Crippen molar-refractivity contribution in [2.45, 2.75) is 33.9 Å². The predicted octanol–water partition coefficient (Wildman–Crippen LogP) is 3.41. The van der Waals surface area contributed by atoms with E-state index in [1.807, 2.05) is 6.92 Å². The summed E-state index contributed by atoms with van der Waals surface area (Å²) in [4.78, 5) is 0. The quantitative estimate of drug-likeness (QED) is 0.809. The van der Waals surface area contributed by atoms with Gasteiger partial charge < -0.3 is 9.88 Å². The molecule has 0 amide bonds. The Kier molecular flexibility index (Phi) is 4.65. The molecule has 0 atom stereocenters. The van der Waals surface area contributed by atoms with Crippen molar-refractivity contribution in [3.05, 3.63) is 36.0 Å². The molecule has 0 aliphatic carbocycles. The van der Waals surface area contributed by atoms with Crippen LogP contribution in [-0.4, -0.2) is 11.1 Å². The van der Waals surface area contributed by atoms with Gasteiger partial charge in [-0.1, -0.05) is 31.9 Å². The van der Waals surface area contributed by atoms with Crippen molar-refractivity contribution in [3.63, 3.8) is 0 Å². The van der Waals surface area contributed by atoms with E-state index >= 15 is 0 Å². The van der Waals surface area contributed by atoms with Gasteiger partial charge in [-0.2, -0.15) is 0 Å². The van der Waals surface area contributed by atoms with Crippen molar-refractivity contribution in [2.24, 2.45) is 5.92 Å². The van der Waals surface area contributed by atoms with Crippen LogP contribution in [0.3, 0.4) is 0 Å². The highest BCUT2D eigenvalue weighted by molar-refractivity contribution is 5.83. The monoisotopic (exact) mass is 254 g/mol. The predicted molar refractivity (Wildman–Crippen MR) is 81.9 cm³/mol. The molecule has 1 aromatic carbocycles. The summed E-state index contributed by atoms with van der Waals surface area (Å²) in [6, 6.07) is 8.69. The molecule has 19 heavy (non-hydrogen) atoms. The fourth-order valence-corrected chi connectivity index (χ4v) is 2.24. The number of benzene rings is 1. The van der Waals surface area contributed by atoms with Crippen LogP contribution < -0.4 is 5.32 Å². The molecule has 1 aromatic heterocycles. The minimum absolute atomic E-state index is 0.684. The number of hydrogen-bond acceptors (Lipinski definition) is 1. The summed E-state index contributed by atoms with van der Waals surface area (Å²) in [6.45, 7) is 9.09. The van der Waals surface area contributed by atoms with Crippen molar-refractivity contribution < 1.29 is 0 Å². The summed E-state index contributed by atoms with van der Waals surface area (Å²) in [7, 11) is 0. The zero-order valence-corrected chi connectivity index (χ0v) is 12.0. The van der Waals surface area contributed by atoms with Gasteiger partial charge in [0.15, 0.2) is 0 Å². The van der Waals surface area contributed by atoms with E-state index in [9.17, 15) is 0 Å². The standard InChI is InChI=1S/C17H22N2/c1-4-5-10-19-11-9-16-15(7-6-8-17(16)19)13-18-12-14(2)3/h6-9,11,14,18H,10,12-13H2,1-3H3. The lowest BCUT2D eigenvalue weighted by Gasteiger charge is -2.09. The first-order chi connectivity index (χ1) is 9.22. The molecular formula is C17H22N2. The van der Waals surface area contributed by atoms with E-state index in [0.717, 1.165) is 19.6 Å². The van der Waals surface area contributed by atoms with Crippen molar-refractivity contribution in [1.29, 1.82) is 0 Å². The minimum Gasteiger partial charge on any atom is -0.336 e. The SMILES string of the molecule is CC#CCn1ccc2c(CNCC(C)C)cccc21. The summed E-state index contributed by atoms with van der Waals surface area (Å²) in [5, 5.41) is 4.84. The molecule has 0 bridgehead atoms. The lowest BCUT2D eigenvalue weighted by molar-refractivity contribution is 0.553. The lowest BCUT2D eigenvalue weighted by Crippen LogP contribution is -2.19. The first-order valence-electron chi connectivity index (χ1n) is 6.89. The Hall–Kier alpha value is -1.72. The smallest absolute Gasteiger partial charge is 0.0837 e. The van der Waals surface area contributed by atoms with E-state index in [2.05, 4.69) is 66.0 Å². The molecule has 0 unspecified atom stereocenters. The van der Waals surface area contributed by atoms with Crippen molar-refractivity contribution >= 4 is 10.9 Å². The Bertz CT molecular complexity index is 596. The van der Waals surface area contributed by atoms with Gasteiger partial charge in [0.05, 0.1) is 6.54 Å². The van der Waals surface area contributed by atoms with E-state index < -0.39 is 0 Å². The van der Waals surface area contributed by atoms with Gasteiger partial charge in [-0.3, -0.25) is 0 Å². The van der Waals surface area contributed by atoms with Gasteiger partial charge in [-0.15, -0.1) is 5.92 Å². The van der Waals surface area contributed by atoms with E-state index in [-0.39, 0.29) is 0 Å². The fraction of sp³-hybridized carbons (Fsp3) is 0.412. The topological polar surface area (TPSA) is 17.0 Å². The molecule has 100 valence electrons. The molecule has 2 nitrogen and oxygen atoms in total. The fourth-order valence-electron chi connectivity index (χ4n) is 2.24. The van der Waals surface area contributed by atoms with Gasteiger partial charge in [0.25, 0.3) is 0 Å². The third-order valence-corrected chi connectivity index (χ3v) is 3.20. The maximum Gasteiger partial charge on any atom is 0.0837 e. The van der Waals surface area contributed by atoms with Crippen molar-refractivity contribution in [1.82, 2.24) is 9.88 Å². The molecule has 0 saturated heterocycles. The van der Waals surface area contributed by atoms with Gasteiger partial charge in [0, 0.05) is 23.6 Å². The molecular weight excluding hydrogens is 232 g/mol. The first-order valence-corrected chi connectivity index (χ1v) is 6.89. The molecule has 0 radical (unpaired) electrons. The van der Waals surface area contributed by atoms with E-state index in [1.54, 1.807) is 0 Å². The molecule has 2 rings (SSSR count). The van der Waals surface area contributed by atoms with Crippen LogP contribution in [0, 0.1) is 17.8 Å². The van der Waals surface area contributed by atoms with E-state index in [1.165, 1.54) is 16.5 Å². The molecule has 2 aromatic rings. The number of fused-ring (bicyclic) bond motifs is 1. The molecule has 0 aliphatic rings. The molecule has 0 fully saturated rings. The molecule has 0 saturated carbocycles. The van der Waals surface area contributed by atoms with Crippen LogP contribution in [-0.2, 0) is 13.1 Å². The first kappa shape index (κ1) is 13.7. The second-order valence-corrected chi connectivity index (χ2v) is 5.25. The average Bonchev–Trinajstić information content (AvgIpc) is 2.80. The number of nitrogens with zero attached hydrogens (tertiary/aromatic N) is 1. The second kappa shape index (κ2) is 6.45. The highest BCUT2D eigenvalue weighted by Crippen LogP contribution is 2.20. The van der Waals surface area contributed by atoms with Gasteiger partial charge in [0.2, 0.25) is 0 Å². The highest BCUT2D eigenvalue weighted by atomic mass is 14.9. The molecule has 0 aliphatic heterocycles. The number of aromatic nitrogens is 1. The van der Waals surface area contributed by atoms with Crippen LogP contribution in [0.15, 0.2) is 30.5 Å². The van der Waals surface area contributed by atoms with Gasteiger partial charge in [0.1, 0.15) is 0 Å². The van der Waals surface area contributed by atoms with Gasteiger partial charge in [-0.05, 0) is 37.1 Å². The summed E-state index contributed by atoms with van der Waals surface area (Å²) in [6.07, 6.45) is 2.13. The Balaban J connectivity index is 2.20. The summed E-state index contributed by atoms with van der Waals surface area (Å²) in [5.74, 6) is 6.75. The maximum absolute atomic E-state index is 3.51. The molecule has 1 N–H and O–H groups in total. The van der Waals surface area contributed by atoms with Crippen LogP contribution in [0.2, 0.25) is 0 Å². The van der Waals surface area contributed by atoms with Crippen molar-refractivity contribution in [2.75, 3.05) is 6.54 Å². The van der Waals surface area contributed by atoms with Crippen molar-refractivity contribution in [3.8, 4) is 11.8 Å². The molecule has 2 heteroatoms. The number of nitrogens with one attached hydrogen (secondary N) is 1. The minimum atomic E-state index is 0.684. The van der Waals surface area contributed by atoms with E-state index in [4.69, 9.17) is 0 Å². The van der Waals surface area contributed by atoms with Crippen LogP contribution in [0.25, 0.3) is 10.9 Å². The third-order valence-electron chi connectivity index (χ3n) is 3.20. The molecule has 1 heterocycles. The van der Waals surface area contributed by atoms with Crippen LogP contribution >= 0.6 is 0 Å². The summed E-state index contributed by atoms with van der Waals surface area (Å²) < 4.78 is 2.21. The number of rotatable bonds is 5. The maximum atomic E-state index is 3.51. The Labute approximate surface area is 115 Å². The Morgan fingerprint density at radius 3 is 2.84 bits per heavy atom. The zero-order chi connectivity index (χ0) is 13.7. The second-order valence-electron chi connectivity index (χ2n) is 5.25. The van der Waals surface area contributed by atoms with E-state index in [0.29, 0.717) is 5.92 Å². The number of hydrogen-bond donors (Lipinski definition) is 1. The summed E-state index contributed by atoms with van der Waals surface area (Å²) >= 11 is 0. The Morgan fingerprint density at radius 1 is 1.26 bits per heavy atom. The van der Waals surface area contributed by atoms with Gasteiger partial charge >= 0.3 is 0 Å². The van der Waals surface area contributed by atoms with Gasteiger partial charge in [-0.25, -0.2) is 0 Å². The Morgan fingerprint density at radius 2 is 2.11 bits per heavy atom. The summed E-state index contributed by atoms with van der Waals surface area (Å²) in [5.41, 5.74) is 2.63. The zero-order valence-electron chi connectivity index (χ0n) is 12.0. The lowest BCUT2D eigenvalue weighted by atomic mass is 10.1. The van der Waals surface area contributed by atoms with Crippen LogP contribution in [0.1, 0.15) is 26.3 Å². The largest absolute Gasteiger partial charge is 0.336 e. The molecule has 0 spiro atoms. The van der Waals surface area contributed by atoms with Crippen LogP contribution in [0.4, 0.5) is 0 Å².